The molecule has 0 aliphatic rings. The molecule has 1 atom stereocenters. The molecule has 6 N–H and O–H groups in total. The maximum Gasteiger partial charge on any atom is 0.250 e. The maximum atomic E-state index is 12.8. The number of benzene rings is 2. The third-order valence-electron chi connectivity index (χ3n) is 5.65. The Balaban J connectivity index is 1.45. The molecule has 198 valence electrons. The molecule has 1 amide bonds. The molecule has 4 aromatic rings. The highest BCUT2D eigenvalue weighted by Crippen LogP contribution is 2.30. The quantitative estimate of drug-likeness (QED) is 0.0613. The van der Waals surface area contributed by atoms with Crippen LogP contribution in [0.5, 0.6) is 0 Å². The van der Waals surface area contributed by atoms with E-state index in [9.17, 15) is 13.2 Å². The van der Waals surface area contributed by atoms with Crippen molar-refractivity contribution in [3.05, 3.63) is 89.7 Å². The molecular formula is C24H25N7O5S2. The van der Waals surface area contributed by atoms with Crippen LogP contribution in [0.2, 0.25) is 0 Å². The van der Waals surface area contributed by atoms with Gasteiger partial charge in [-0.2, -0.15) is 0 Å². The Morgan fingerprint density at radius 1 is 1.11 bits per heavy atom. The molecule has 0 saturated carbocycles. The smallest absolute Gasteiger partial charge is 0.250 e. The second kappa shape index (κ2) is 12.0. The van der Waals surface area contributed by atoms with Crippen molar-refractivity contribution >= 4 is 33.1 Å². The Morgan fingerprint density at radius 2 is 1.84 bits per heavy atom. The van der Waals surface area contributed by atoms with Crippen LogP contribution in [0.25, 0.3) is 10.4 Å². The van der Waals surface area contributed by atoms with E-state index >= 15 is 0 Å². The molecule has 38 heavy (non-hydrogen) atoms. The van der Waals surface area contributed by atoms with Gasteiger partial charge < -0.3 is 10.9 Å². The van der Waals surface area contributed by atoms with Gasteiger partial charge in [-0.15, -0.1) is 16.4 Å². The van der Waals surface area contributed by atoms with Crippen molar-refractivity contribution in [1.29, 1.82) is 0 Å². The van der Waals surface area contributed by atoms with E-state index < -0.39 is 22.0 Å². The minimum Gasteiger partial charge on any atom is -0.409 e. The van der Waals surface area contributed by atoms with Crippen molar-refractivity contribution in [2.24, 2.45) is 10.9 Å². The van der Waals surface area contributed by atoms with Gasteiger partial charge in [0.25, 0.3) is 0 Å². The van der Waals surface area contributed by atoms with Crippen LogP contribution in [0.15, 0.2) is 82.3 Å². The summed E-state index contributed by atoms with van der Waals surface area (Å²) in [6.07, 6.45) is 1.78. The highest BCUT2D eigenvalue weighted by molar-refractivity contribution is 7.91. The Morgan fingerprint density at radius 3 is 2.53 bits per heavy atom. The van der Waals surface area contributed by atoms with E-state index in [4.69, 9.17) is 16.1 Å². The van der Waals surface area contributed by atoms with Gasteiger partial charge in [0.2, 0.25) is 15.9 Å². The minimum atomic E-state index is -3.78. The summed E-state index contributed by atoms with van der Waals surface area (Å²) in [5.74, 6) is -0.650. The molecule has 0 aliphatic heterocycles. The number of hydroxylamine groups is 1. The molecule has 2 heterocycles. The summed E-state index contributed by atoms with van der Waals surface area (Å²) in [6.45, 7) is -0.103. The third kappa shape index (κ3) is 6.60. The van der Waals surface area contributed by atoms with Gasteiger partial charge in [-0.3, -0.25) is 10.0 Å². The number of amidine groups is 1. The van der Waals surface area contributed by atoms with E-state index in [1.54, 1.807) is 48.1 Å². The topological polar surface area (TPSA) is 185 Å². The minimum absolute atomic E-state index is 0.0324. The predicted molar refractivity (Wildman–Crippen MR) is 140 cm³/mol. The summed E-state index contributed by atoms with van der Waals surface area (Å²) in [5, 5.41) is 28.9. The number of thiophene rings is 1. The number of aromatic nitrogens is 3. The number of carbonyl (C=O) groups is 1. The van der Waals surface area contributed by atoms with Crippen LogP contribution >= 0.6 is 11.3 Å². The number of nitrogens with two attached hydrogens (primary N) is 1. The number of sulfonamides is 1. The van der Waals surface area contributed by atoms with E-state index in [-0.39, 0.29) is 23.0 Å². The molecule has 0 spiro atoms. The molecule has 12 nitrogen and oxygen atoms in total. The molecule has 0 saturated heterocycles. The largest absolute Gasteiger partial charge is 0.409 e. The SMILES string of the molecule is NC(=NO)c1ccc(C[C@@H](CC(=O)NO)n2cc(CNS(=O)(=O)c3ccc(-c4ccccc4)s3)nn2)cc1. The standard InChI is InChI=1S/C24H25N7O5S2/c25-24(29-34)18-8-6-16(7-9-18)12-20(13-22(32)28-33)31-15-19(27-30-31)14-26-38(35,36)23-11-10-21(37-23)17-4-2-1-3-5-17/h1-11,15,20,26,33-34H,12-14H2,(H2,25,29)(H,28,32)/t20-/m0/s1. The van der Waals surface area contributed by atoms with Crippen LogP contribution in [0, 0.1) is 0 Å². The fourth-order valence-electron chi connectivity index (χ4n) is 3.70. The molecule has 0 radical (unpaired) electrons. The van der Waals surface area contributed by atoms with Crippen molar-refractivity contribution in [3.8, 4) is 10.4 Å². The summed E-state index contributed by atoms with van der Waals surface area (Å²) in [4.78, 5) is 12.8. The van der Waals surface area contributed by atoms with Gasteiger partial charge >= 0.3 is 0 Å². The van der Waals surface area contributed by atoms with E-state index in [1.807, 2.05) is 30.3 Å². The number of amides is 1. The van der Waals surface area contributed by atoms with Crippen LogP contribution in [0.1, 0.15) is 29.3 Å². The first-order chi connectivity index (χ1) is 18.3. The maximum absolute atomic E-state index is 12.8. The Labute approximate surface area is 222 Å². The zero-order valence-electron chi connectivity index (χ0n) is 19.9. The van der Waals surface area contributed by atoms with Crippen molar-refractivity contribution in [2.75, 3.05) is 0 Å². The summed E-state index contributed by atoms with van der Waals surface area (Å²) in [7, 11) is -3.78. The van der Waals surface area contributed by atoms with Crippen LogP contribution in [0.3, 0.4) is 0 Å². The summed E-state index contributed by atoms with van der Waals surface area (Å²) in [6, 6.07) is 19.1. The monoisotopic (exact) mass is 555 g/mol. The third-order valence-corrected chi connectivity index (χ3v) is 8.68. The second-order valence-electron chi connectivity index (χ2n) is 8.28. The number of carbonyl (C=O) groups excluding carboxylic acids is 1. The molecule has 2 aromatic carbocycles. The van der Waals surface area contributed by atoms with Crippen LogP contribution < -0.4 is 15.9 Å². The molecule has 0 fully saturated rings. The Kier molecular flexibility index (Phi) is 8.48. The van der Waals surface area contributed by atoms with Gasteiger partial charge in [-0.1, -0.05) is 65.0 Å². The number of nitrogens with zero attached hydrogens (tertiary/aromatic N) is 4. The molecule has 14 heteroatoms. The lowest BCUT2D eigenvalue weighted by molar-refractivity contribution is -0.130. The van der Waals surface area contributed by atoms with E-state index in [0.717, 1.165) is 27.3 Å². The van der Waals surface area contributed by atoms with Gasteiger partial charge in [-0.25, -0.2) is 23.3 Å². The Bertz CT molecular complexity index is 1520. The summed E-state index contributed by atoms with van der Waals surface area (Å²) in [5.41, 5.74) is 9.84. The van der Waals surface area contributed by atoms with Crippen LogP contribution in [0.4, 0.5) is 0 Å². The van der Waals surface area contributed by atoms with E-state index in [0.29, 0.717) is 17.7 Å². The highest BCUT2D eigenvalue weighted by atomic mass is 32.2. The normalized spacial score (nSPS) is 12.8. The molecule has 0 aliphatic carbocycles. The number of rotatable bonds is 11. The first kappa shape index (κ1) is 26.9. The van der Waals surface area contributed by atoms with Gasteiger partial charge in [0.1, 0.15) is 4.21 Å². The summed E-state index contributed by atoms with van der Waals surface area (Å²) < 4.78 is 29.9. The lowest BCUT2D eigenvalue weighted by Gasteiger charge is -2.16. The van der Waals surface area contributed by atoms with Crippen molar-refractivity contribution in [3.63, 3.8) is 0 Å². The van der Waals surface area contributed by atoms with Gasteiger partial charge in [0.05, 0.1) is 30.9 Å². The Hall–Kier alpha value is -4.11. The number of nitrogens with one attached hydrogen (secondary N) is 2. The second-order valence-corrected chi connectivity index (χ2v) is 11.4. The number of oxime groups is 1. The average molecular weight is 556 g/mol. The number of hydrogen-bond acceptors (Lipinski definition) is 9. The molecule has 4 rings (SSSR count). The number of hydrogen-bond donors (Lipinski definition) is 5. The lowest BCUT2D eigenvalue weighted by atomic mass is 10.0. The first-order valence-corrected chi connectivity index (χ1v) is 13.6. The average Bonchev–Trinajstić information content (AvgIpc) is 3.63. The lowest BCUT2D eigenvalue weighted by Crippen LogP contribution is -2.25. The molecule has 0 unspecified atom stereocenters. The highest BCUT2D eigenvalue weighted by Gasteiger charge is 2.21. The van der Waals surface area contributed by atoms with Crippen molar-refractivity contribution in [2.45, 2.75) is 29.6 Å². The van der Waals surface area contributed by atoms with E-state index in [2.05, 4.69) is 20.2 Å². The molecule has 2 aromatic heterocycles. The first-order valence-electron chi connectivity index (χ1n) is 11.3. The van der Waals surface area contributed by atoms with Crippen LogP contribution in [-0.2, 0) is 27.8 Å². The fraction of sp³-hybridized carbons (Fsp3) is 0.167. The van der Waals surface area contributed by atoms with E-state index in [1.165, 1.54) is 4.68 Å². The zero-order valence-corrected chi connectivity index (χ0v) is 21.6. The van der Waals surface area contributed by atoms with Crippen molar-refractivity contribution < 1.29 is 23.6 Å². The van der Waals surface area contributed by atoms with Gasteiger partial charge in [0, 0.05) is 10.4 Å². The van der Waals surface area contributed by atoms with Crippen LogP contribution in [-0.4, -0.2) is 45.6 Å². The van der Waals surface area contributed by atoms with Gasteiger partial charge in [0.15, 0.2) is 5.84 Å². The fourth-order valence-corrected chi connectivity index (χ4v) is 6.05. The molecular weight excluding hydrogens is 530 g/mol. The predicted octanol–water partition coefficient (Wildman–Crippen LogP) is 2.26. The van der Waals surface area contributed by atoms with Crippen molar-refractivity contribution in [1.82, 2.24) is 25.2 Å². The molecule has 0 bridgehead atoms. The summed E-state index contributed by atoms with van der Waals surface area (Å²) >= 11 is 1.16. The zero-order chi connectivity index (χ0) is 27.1. The van der Waals surface area contributed by atoms with Gasteiger partial charge in [-0.05, 0) is 29.7 Å².